The molecule has 2 heterocycles. The van der Waals surface area contributed by atoms with Gasteiger partial charge in [0.25, 0.3) is 5.91 Å². The summed E-state index contributed by atoms with van der Waals surface area (Å²) in [6, 6.07) is 6.82. The summed E-state index contributed by atoms with van der Waals surface area (Å²) in [5.41, 5.74) is 1.18. The number of carbonyl (C=O) groups is 2. The van der Waals surface area contributed by atoms with Crippen LogP contribution in [0.4, 0.5) is 10.5 Å². The van der Waals surface area contributed by atoms with Crippen molar-refractivity contribution in [3.05, 3.63) is 29.8 Å². The average molecular weight is 380 g/mol. The third kappa shape index (κ3) is 3.99. The van der Waals surface area contributed by atoms with Crippen molar-refractivity contribution in [3.63, 3.8) is 0 Å². The van der Waals surface area contributed by atoms with E-state index in [0.717, 1.165) is 6.42 Å². The fourth-order valence-corrected chi connectivity index (χ4v) is 4.33. The molecule has 0 spiro atoms. The topological polar surface area (TPSA) is 98.8 Å². The molecule has 0 unspecified atom stereocenters. The van der Waals surface area contributed by atoms with E-state index >= 15 is 0 Å². The Hall–Kier alpha value is -2.13. The van der Waals surface area contributed by atoms with Gasteiger partial charge in [-0.3, -0.25) is 9.69 Å². The van der Waals surface area contributed by atoms with Gasteiger partial charge in [0.2, 0.25) is 10.0 Å². The first-order chi connectivity index (χ1) is 12.4. The Kier molecular flexibility index (Phi) is 5.47. The van der Waals surface area contributed by atoms with Crippen LogP contribution in [0.15, 0.2) is 24.3 Å². The summed E-state index contributed by atoms with van der Waals surface area (Å²) in [4.78, 5) is 25.9. The molecule has 3 amide bonds. The molecule has 1 aromatic carbocycles. The largest absolute Gasteiger partial charge is 0.352 e. The molecule has 2 fully saturated rings. The van der Waals surface area contributed by atoms with Crippen LogP contribution in [-0.2, 0) is 10.0 Å². The van der Waals surface area contributed by atoms with E-state index in [0.29, 0.717) is 44.0 Å². The number of benzene rings is 1. The Morgan fingerprint density at radius 2 is 2.12 bits per heavy atom. The van der Waals surface area contributed by atoms with Gasteiger partial charge in [0.05, 0.1) is 5.75 Å². The van der Waals surface area contributed by atoms with E-state index in [4.69, 9.17) is 0 Å². The molecule has 8 nitrogen and oxygen atoms in total. The zero-order valence-corrected chi connectivity index (χ0v) is 15.6. The van der Waals surface area contributed by atoms with E-state index in [9.17, 15) is 18.0 Å². The summed E-state index contributed by atoms with van der Waals surface area (Å²) >= 11 is 0. The lowest BCUT2D eigenvalue weighted by Crippen LogP contribution is -2.54. The van der Waals surface area contributed by atoms with Gasteiger partial charge in [-0.15, -0.1) is 0 Å². The number of nitrogens with zero attached hydrogens (tertiary/aromatic N) is 2. The molecule has 9 heteroatoms. The summed E-state index contributed by atoms with van der Waals surface area (Å²) in [5.74, 6) is 0.0144. The number of anilines is 1. The number of amides is 3. The van der Waals surface area contributed by atoms with Crippen molar-refractivity contribution >= 4 is 27.6 Å². The molecule has 2 N–H and O–H groups in total. The van der Waals surface area contributed by atoms with E-state index in [-0.39, 0.29) is 23.6 Å². The number of carbonyl (C=O) groups excluding carboxylic acids is 2. The fourth-order valence-electron chi connectivity index (χ4n) is 3.09. The Balaban J connectivity index is 1.54. The minimum atomic E-state index is -3.13. The molecular weight excluding hydrogens is 356 g/mol. The lowest BCUT2D eigenvalue weighted by molar-refractivity contribution is 0.0929. The predicted octanol–water partition coefficient (Wildman–Crippen LogP) is 0.618. The number of nitrogens with one attached hydrogen (secondary N) is 2. The van der Waals surface area contributed by atoms with Crippen molar-refractivity contribution in [1.82, 2.24) is 14.9 Å². The minimum absolute atomic E-state index is 0.100. The van der Waals surface area contributed by atoms with Crippen LogP contribution < -0.4 is 15.5 Å². The zero-order chi connectivity index (χ0) is 18.7. The van der Waals surface area contributed by atoms with Crippen LogP contribution in [0.2, 0.25) is 0 Å². The first-order valence-electron chi connectivity index (χ1n) is 8.82. The van der Waals surface area contributed by atoms with Crippen LogP contribution in [0.3, 0.4) is 0 Å². The number of hydrogen-bond donors (Lipinski definition) is 2. The third-order valence-corrected chi connectivity index (χ3v) is 6.55. The molecule has 2 saturated heterocycles. The van der Waals surface area contributed by atoms with Crippen molar-refractivity contribution < 1.29 is 18.0 Å². The molecule has 3 rings (SSSR count). The van der Waals surface area contributed by atoms with Gasteiger partial charge < -0.3 is 10.6 Å². The zero-order valence-electron chi connectivity index (χ0n) is 14.8. The fraction of sp³-hybridized carbons (Fsp3) is 0.529. The minimum Gasteiger partial charge on any atom is -0.352 e. The summed E-state index contributed by atoms with van der Waals surface area (Å²) < 4.78 is 24.8. The second kappa shape index (κ2) is 7.63. The molecule has 0 aromatic heterocycles. The van der Waals surface area contributed by atoms with Crippen molar-refractivity contribution in [2.24, 2.45) is 5.92 Å². The third-order valence-electron chi connectivity index (χ3n) is 4.73. The normalized spacial score (nSPS) is 19.0. The van der Waals surface area contributed by atoms with Gasteiger partial charge >= 0.3 is 6.03 Å². The predicted molar refractivity (Wildman–Crippen MR) is 98.7 cm³/mol. The lowest BCUT2D eigenvalue weighted by Gasteiger charge is -2.37. The maximum absolute atomic E-state index is 12.4. The Morgan fingerprint density at radius 3 is 2.81 bits per heavy atom. The number of hydrogen-bond acceptors (Lipinski definition) is 4. The molecule has 142 valence electrons. The van der Waals surface area contributed by atoms with E-state index < -0.39 is 10.0 Å². The summed E-state index contributed by atoms with van der Waals surface area (Å²) in [5, 5.41) is 5.64. The monoisotopic (exact) mass is 380 g/mol. The first-order valence-corrected chi connectivity index (χ1v) is 10.4. The van der Waals surface area contributed by atoms with E-state index in [1.807, 2.05) is 0 Å². The highest BCUT2D eigenvalue weighted by Crippen LogP contribution is 2.20. The molecule has 0 aliphatic carbocycles. The highest BCUT2D eigenvalue weighted by Gasteiger charge is 2.34. The number of rotatable bonds is 6. The highest BCUT2D eigenvalue weighted by atomic mass is 32.2. The van der Waals surface area contributed by atoms with Crippen molar-refractivity contribution in [1.29, 1.82) is 0 Å². The molecule has 26 heavy (non-hydrogen) atoms. The van der Waals surface area contributed by atoms with Gasteiger partial charge in [-0.2, -0.15) is 0 Å². The molecule has 2 aliphatic rings. The summed E-state index contributed by atoms with van der Waals surface area (Å²) in [7, 11) is -3.13. The van der Waals surface area contributed by atoms with Crippen LogP contribution in [-0.4, -0.2) is 63.1 Å². The Bertz CT molecular complexity index is 790. The maximum atomic E-state index is 12.4. The van der Waals surface area contributed by atoms with Gasteiger partial charge in [-0.05, 0) is 31.5 Å². The first kappa shape index (κ1) is 18.7. The van der Waals surface area contributed by atoms with Gasteiger partial charge in [-0.1, -0.05) is 6.07 Å². The smallest absolute Gasteiger partial charge is 0.321 e. The average Bonchev–Trinajstić information content (AvgIpc) is 2.60. The second-order valence-corrected chi connectivity index (χ2v) is 8.84. The molecule has 0 radical (unpaired) electrons. The SMILES string of the molecule is CCS(=O)(=O)N1CC(CNC(=O)c2cccc(N3CCCNC3=O)c2)C1. The Morgan fingerprint density at radius 1 is 1.35 bits per heavy atom. The van der Waals surface area contributed by atoms with Crippen LogP contribution in [0.25, 0.3) is 0 Å². The number of urea groups is 1. The molecule has 2 aliphatic heterocycles. The highest BCUT2D eigenvalue weighted by molar-refractivity contribution is 7.89. The lowest BCUT2D eigenvalue weighted by atomic mass is 10.0. The van der Waals surface area contributed by atoms with E-state index in [2.05, 4.69) is 10.6 Å². The van der Waals surface area contributed by atoms with E-state index in [1.165, 1.54) is 4.31 Å². The molecular formula is C17H24N4O4S. The van der Waals surface area contributed by atoms with Crippen molar-refractivity contribution in [2.75, 3.05) is 43.4 Å². The number of sulfonamides is 1. The summed E-state index contributed by atoms with van der Waals surface area (Å²) in [6.45, 7) is 4.25. The van der Waals surface area contributed by atoms with Gasteiger partial charge in [0, 0.05) is 49.9 Å². The van der Waals surface area contributed by atoms with Crippen molar-refractivity contribution in [3.8, 4) is 0 Å². The molecule has 0 atom stereocenters. The van der Waals surface area contributed by atoms with Crippen LogP contribution in [0, 0.1) is 5.92 Å². The van der Waals surface area contributed by atoms with E-state index in [1.54, 1.807) is 36.1 Å². The van der Waals surface area contributed by atoms with Gasteiger partial charge in [0.1, 0.15) is 0 Å². The van der Waals surface area contributed by atoms with Gasteiger partial charge in [-0.25, -0.2) is 17.5 Å². The standard InChI is InChI=1S/C17H24N4O4S/c1-2-26(24,25)20-11-13(12-20)10-19-16(22)14-5-3-6-15(9-14)21-8-4-7-18-17(21)23/h3,5-6,9,13H,2,4,7-8,10-12H2,1H3,(H,18,23)(H,19,22). The quantitative estimate of drug-likeness (QED) is 0.756. The van der Waals surface area contributed by atoms with Crippen LogP contribution >= 0.6 is 0 Å². The van der Waals surface area contributed by atoms with Crippen LogP contribution in [0.5, 0.6) is 0 Å². The van der Waals surface area contributed by atoms with Gasteiger partial charge in [0.15, 0.2) is 0 Å². The maximum Gasteiger partial charge on any atom is 0.321 e. The molecule has 0 bridgehead atoms. The molecule has 0 saturated carbocycles. The van der Waals surface area contributed by atoms with Crippen LogP contribution in [0.1, 0.15) is 23.7 Å². The Labute approximate surface area is 153 Å². The molecule has 1 aromatic rings. The summed E-state index contributed by atoms with van der Waals surface area (Å²) in [6.07, 6.45) is 0.862. The second-order valence-electron chi connectivity index (χ2n) is 6.58. The van der Waals surface area contributed by atoms with Crippen molar-refractivity contribution in [2.45, 2.75) is 13.3 Å².